The van der Waals surface area contributed by atoms with Crippen LogP contribution in [0.2, 0.25) is 0 Å². The number of hydrogen-bond donors (Lipinski definition) is 3. The molecule has 0 saturated heterocycles. The molecule has 8 heteroatoms. The molecule has 3 N–H and O–H groups in total. The average Bonchev–Trinajstić information content (AvgIpc) is 2.84. The van der Waals surface area contributed by atoms with Gasteiger partial charge in [-0.15, -0.1) is 0 Å². The Morgan fingerprint density at radius 1 is 0.812 bits per heavy atom. The molecule has 0 aliphatic rings. The van der Waals surface area contributed by atoms with Crippen LogP contribution in [0.3, 0.4) is 0 Å². The number of carbonyl (C=O) groups is 1. The predicted octanol–water partition coefficient (Wildman–Crippen LogP) is 5.19. The molecule has 0 aliphatic carbocycles. The molecule has 162 valence electrons. The quantitative estimate of drug-likeness (QED) is 0.349. The van der Waals surface area contributed by atoms with E-state index >= 15 is 0 Å². The van der Waals surface area contributed by atoms with E-state index in [0.29, 0.717) is 28.7 Å². The van der Waals surface area contributed by atoms with Crippen LogP contribution < -0.4 is 30.4 Å². The van der Waals surface area contributed by atoms with Crippen LogP contribution in [0.1, 0.15) is 0 Å². The molecule has 8 nitrogen and oxygen atoms in total. The number of para-hydroxylation sites is 1. The molecule has 0 fully saturated rings. The summed E-state index contributed by atoms with van der Waals surface area (Å²) < 4.78 is 16.8. The molecule has 4 rings (SSSR count). The summed E-state index contributed by atoms with van der Waals surface area (Å²) in [6, 6.07) is 21.4. The Labute approximate surface area is 185 Å². The SMILES string of the molecule is COc1cc2nccc(Oc3ccc(NC(=O)NNc4ccccc4)cc3)c2cc1OC. The molecule has 0 saturated carbocycles. The molecular formula is C24H22N4O4. The molecule has 3 aromatic carbocycles. The fourth-order valence-corrected chi connectivity index (χ4v) is 3.08. The van der Waals surface area contributed by atoms with Gasteiger partial charge in [0.25, 0.3) is 0 Å². The molecule has 0 bridgehead atoms. The monoisotopic (exact) mass is 430 g/mol. The third-order valence-electron chi connectivity index (χ3n) is 4.64. The van der Waals surface area contributed by atoms with Crippen LogP contribution in [0.15, 0.2) is 79.0 Å². The van der Waals surface area contributed by atoms with Gasteiger partial charge in [0.15, 0.2) is 11.5 Å². The van der Waals surface area contributed by atoms with Crippen LogP contribution in [0, 0.1) is 0 Å². The second-order valence-electron chi connectivity index (χ2n) is 6.73. The number of carbonyl (C=O) groups excluding carboxylic acids is 1. The Hall–Kier alpha value is -4.46. The zero-order valence-corrected chi connectivity index (χ0v) is 17.6. The zero-order chi connectivity index (χ0) is 22.3. The van der Waals surface area contributed by atoms with Crippen molar-refractivity contribution < 1.29 is 19.0 Å². The van der Waals surface area contributed by atoms with Gasteiger partial charge in [-0.05, 0) is 48.5 Å². The first-order chi connectivity index (χ1) is 15.7. The maximum Gasteiger partial charge on any atom is 0.337 e. The van der Waals surface area contributed by atoms with E-state index in [2.05, 4.69) is 21.2 Å². The Morgan fingerprint density at radius 2 is 1.53 bits per heavy atom. The number of fused-ring (bicyclic) bond motifs is 1. The highest BCUT2D eigenvalue weighted by Crippen LogP contribution is 2.36. The number of nitrogens with zero attached hydrogens (tertiary/aromatic N) is 1. The number of hydrogen-bond acceptors (Lipinski definition) is 6. The summed E-state index contributed by atoms with van der Waals surface area (Å²) in [6.45, 7) is 0. The van der Waals surface area contributed by atoms with E-state index in [1.54, 1.807) is 56.8 Å². The van der Waals surface area contributed by atoms with Crippen LogP contribution in [0.5, 0.6) is 23.0 Å². The average molecular weight is 430 g/mol. The normalized spacial score (nSPS) is 10.3. The van der Waals surface area contributed by atoms with E-state index in [-0.39, 0.29) is 6.03 Å². The first-order valence-corrected chi connectivity index (χ1v) is 9.83. The van der Waals surface area contributed by atoms with Gasteiger partial charge < -0.3 is 19.5 Å². The number of rotatable bonds is 7. The van der Waals surface area contributed by atoms with Crippen molar-refractivity contribution in [1.29, 1.82) is 0 Å². The highest BCUT2D eigenvalue weighted by molar-refractivity contribution is 5.90. The lowest BCUT2D eigenvalue weighted by atomic mass is 10.2. The molecule has 0 aliphatic heterocycles. The largest absolute Gasteiger partial charge is 0.493 e. The molecule has 0 radical (unpaired) electrons. The first-order valence-electron chi connectivity index (χ1n) is 9.83. The lowest BCUT2D eigenvalue weighted by molar-refractivity contribution is 0.254. The van der Waals surface area contributed by atoms with Gasteiger partial charge in [-0.3, -0.25) is 15.8 Å². The van der Waals surface area contributed by atoms with Crippen molar-refractivity contribution in [3.05, 3.63) is 79.0 Å². The van der Waals surface area contributed by atoms with Crippen molar-refractivity contribution in [2.24, 2.45) is 0 Å². The van der Waals surface area contributed by atoms with Gasteiger partial charge in [-0.25, -0.2) is 4.79 Å². The third kappa shape index (κ3) is 4.81. The van der Waals surface area contributed by atoms with Crippen LogP contribution in [-0.2, 0) is 0 Å². The fraction of sp³-hybridized carbons (Fsp3) is 0.0833. The van der Waals surface area contributed by atoms with Gasteiger partial charge in [0.1, 0.15) is 11.5 Å². The van der Waals surface area contributed by atoms with E-state index in [9.17, 15) is 4.79 Å². The van der Waals surface area contributed by atoms with Crippen molar-refractivity contribution in [3.63, 3.8) is 0 Å². The summed E-state index contributed by atoms with van der Waals surface area (Å²) in [7, 11) is 3.16. The van der Waals surface area contributed by atoms with Crippen LogP contribution in [0.25, 0.3) is 10.9 Å². The first kappa shape index (κ1) is 20.8. The van der Waals surface area contributed by atoms with Crippen molar-refractivity contribution >= 4 is 28.3 Å². The highest BCUT2D eigenvalue weighted by Gasteiger charge is 2.11. The number of ether oxygens (including phenoxy) is 3. The Balaban J connectivity index is 1.43. The van der Waals surface area contributed by atoms with E-state index in [1.165, 1.54) is 0 Å². The summed E-state index contributed by atoms with van der Waals surface area (Å²) >= 11 is 0. The maximum atomic E-state index is 12.1. The molecular weight excluding hydrogens is 408 g/mol. The Bertz CT molecular complexity index is 1210. The Kier molecular flexibility index (Phi) is 6.22. The van der Waals surface area contributed by atoms with Crippen molar-refractivity contribution in [3.8, 4) is 23.0 Å². The minimum atomic E-state index is -0.385. The number of urea groups is 1. The standard InChI is InChI=1S/C24H22N4O4/c1-30-22-14-19-20(15-23(22)31-2)25-13-12-21(19)32-18-10-8-16(9-11-18)26-24(29)28-27-17-6-4-3-5-7-17/h3-15,27H,1-2H3,(H2,26,28,29). The van der Waals surface area contributed by atoms with Crippen molar-refractivity contribution in [2.75, 3.05) is 25.0 Å². The lowest BCUT2D eigenvalue weighted by Crippen LogP contribution is -2.33. The van der Waals surface area contributed by atoms with E-state index in [0.717, 1.165) is 16.6 Å². The molecule has 0 spiro atoms. The summed E-state index contributed by atoms with van der Waals surface area (Å²) in [6.07, 6.45) is 1.67. The topological polar surface area (TPSA) is 93.7 Å². The molecule has 4 aromatic rings. The second-order valence-corrected chi connectivity index (χ2v) is 6.73. The number of nitrogens with one attached hydrogen (secondary N) is 3. The second kappa shape index (κ2) is 9.57. The van der Waals surface area contributed by atoms with E-state index in [1.807, 2.05) is 36.4 Å². The summed E-state index contributed by atoms with van der Waals surface area (Å²) in [5.74, 6) is 2.43. The number of pyridine rings is 1. The summed E-state index contributed by atoms with van der Waals surface area (Å²) in [5, 5.41) is 3.54. The third-order valence-corrected chi connectivity index (χ3v) is 4.64. The van der Waals surface area contributed by atoms with Gasteiger partial charge in [-0.2, -0.15) is 0 Å². The van der Waals surface area contributed by atoms with E-state index in [4.69, 9.17) is 14.2 Å². The van der Waals surface area contributed by atoms with Gasteiger partial charge >= 0.3 is 6.03 Å². The molecule has 1 aromatic heterocycles. The minimum Gasteiger partial charge on any atom is -0.493 e. The zero-order valence-electron chi connectivity index (χ0n) is 17.6. The van der Waals surface area contributed by atoms with Gasteiger partial charge in [0.05, 0.1) is 25.4 Å². The number of benzene rings is 3. The van der Waals surface area contributed by atoms with Crippen LogP contribution in [-0.4, -0.2) is 25.2 Å². The minimum absolute atomic E-state index is 0.385. The molecule has 32 heavy (non-hydrogen) atoms. The number of anilines is 2. The van der Waals surface area contributed by atoms with Crippen molar-refractivity contribution in [2.45, 2.75) is 0 Å². The molecule has 0 atom stereocenters. The number of amides is 2. The lowest BCUT2D eigenvalue weighted by Gasteiger charge is -2.13. The Morgan fingerprint density at radius 3 is 2.25 bits per heavy atom. The molecule has 2 amide bonds. The van der Waals surface area contributed by atoms with Crippen LogP contribution in [0.4, 0.5) is 16.2 Å². The van der Waals surface area contributed by atoms with Gasteiger partial charge in [0.2, 0.25) is 0 Å². The molecule has 1 heterocycles. The molecule has 0 unspecified atom stereocenters. The number of methoxy groups -OCH3 is 2. The smallest absolute Gasteiger partial charge is 0.337 e. The fourth-order valence-electron chi connectivity index (χ4n) is 3.08. The number of aromatic nitrogens is 1. The van der Waals surface area contributed by atoms with E-state index < -0.39 is 0 Å². The van der Waals surface area contributed by atoms with Gasteiger partial charge in [-0.1, -0.05) is 18.2 Å². The van der Waals surface area contributed by atoms with Gasteiger partial charge in [0, 0.05) is 23.3 Å². The predicted molar refractivity (Wildman–Crippen MR) is 124 cm³/mol. The summed E-state index contributed by atoms with van der Waals surface area (Å²) in [4.78, 5) is 16.5. The number of hydrazine groups is 1. The maximum absolute atomic E-state index is 12.1. The summed E-state index contributed by atoms with van der Waals surface area (Å²) in [5.41, 5.74) is 7.54. The van der Waals surface area contributed by atoms with Crippen molar-refractivity contribution in [1.82, 2.24) is 10.4 Å². The van der Waals surface area contributed by atoms with Crippen LogP contribution >= 0.6 is 0 Å². The highest BCUT2D eigenvalue weighted by atomic mass is 16.5.